The Balaban J connectivity index is 1.37. The summed E-state index contributed by atoms with van der Waals surface area (Å²) in [6.45, 7) is 1.09. The minimum atomic E-state index is -0.354. The number of rotatable bonds is 5. The number of carbonyl (C=O) groups excluding carboxylic acids is 1. The second kappa shape index (κ2) is 7.36. The third-order valence-corrected chi connectivity index (χ3v) is 3.85. The first-order valence-corrected chi connectivity index (χ1v) is 8.30. The third-order valence-electron chi connectivity index (χ3n) is 3.85. The zero-order chi connectivity index (χ0) is 18.6. The minimum Gasteiger partial charge on any atom is -0.486 e. The van der Waals surface area contributed by atoms with Gasteiger partial charge in [-0.2, -0.15) is 5.10 Å². The van der Waals surface area contributed by atoms with Gasteiger partial charge >= 0.3 is 0 Å². The molecule has 4 rings (SSSR count). The first kappa shape index (κ1) is 16.9. The number of carbonyl (C=O) groups is 1. The summed E-state index contributed by atoms with van der Waals surface area (Å²) >= 11 is 0. The number of benzene rings is 2. The number of hydrogen-bond acceptors (Lipinski definition) is 5. The zero-order valence-corrected chi connectivity index (χ0v) is 14.2. The number of anilines is 1. The molecule has 0 aliphatic carbocycles. The normalized spacial score (nSPS) is 12.5. The minimum absolute atomic E-state index is 0.100. The topological polar surface area (TPSA) is 74.6 Å². The van der Waals surface area contributed by atoms with Gasteiger partial charge in [0.1, 0.15) is 24.8 Å². The summed E-state index contributed by atoms with van der Waals surface area (Å²) in [6.07, 6.45) is 1.63. The lowest BCUT2D eigenvalue weighted by Gasteiger charge is -2.18. The van der Waals surface area contributed by atoms with E-state index in [0.717, 1.165) is 0 Å². The van der Waals surface area contributed by atoms with Gasteiger partial charge < -0.3 is 19.5 Å². The predicted molar refractivity (Wildman–Crippen MR) is 94.6 cm³/mol. The van der Waals surface area contributed by atoms with Crippen molar-refractivity contribution in [3.63, 3.8) is 0 Å². The Hall–Kier alpha value is -3.55. The second-order valence-electron chi connectivity index (χ2n) is 5.78. The van der Waals surface area contributed by atoms with Crippen LogP contribution in [0.25, 0.3) is 0 Å². The van der Waals surface area contributed by atoms with Gasteiger partial charge in [0.05, 0.1) is 0 Å². The molecule has 3 aromatic rings. The van der Waals surface area contributed by atoms with Gasteiger partial charge in [-0.05, 0) is 42.5 Å². The monoisotopic (exact) mass is 369 g/mol. The summed E-state index contributed by atoms with van der Waals surface area (Å²) in [4.78, 5) is 12.4. The van der Waals surface area contributed by atoms with Crippen LogP contribution in [0.4, 0.5) is 10.1 Å². The van der Waals surface area contributed by atoms with Crippen molar-refractivity contribution >= 4 is 11.6 Å². The number of fused-ring (bicyclic) bond motifs is 1. The third kappa shape index (κ3) is 4.00. The largest absolute Gasteiger partial charge is 0.486 e. The van der Waals surface area contributed by atoms with Gasteiger partial charge in [-0.25, -0.2) is 9.07 Å². The van der Waals surface area contributed by atoms with Crippen molar-refractivity contribution in [2.75, 3.05) is 18.5 Å². The quantitative estimate of drug-likeness (QED) is 0.748. The van der Waals surface area contributed by atoms with E-state index in [4.69, 9.17) is 14.2 Å². The van der Waals surface area contributed by atoms with E-state index in [1.807, 2.05) is 0 Å². The van der Waals surface area contributed by atoms with Crippen LogP contribution < -0.4 is 19.5 Å². The van der Waals surface area contributed by atoms with Crippen molar-refractivity contribution in [1.82, 2.24) is 9.78 Å². The van der Waals surface area contributed by atoms with Crippen molar-refractivity contribution in [3.8, 4) is 17.2 Å². The zero-order valence-electron chi connectivity index (χ0n) is 14.2. The fourth-order valence-corrected chi connectivity index (χ4v) is 2.54. The molecule has 0 spiro atoms. The first-order chi connectivity index (χ1) is 13.2. The van der Waals surface area contributed by atoms with Crippen molar-refractivity contribution in [2.45, 2.75) is 6.73 Å². The summed E-state index contributed by atoms with van der Waals surface area (Å²) in [5.41, 5.74) is 0.828. The van der Waals surface area contributed by atoms with Gasteiger partial charge in [0.15, 0.2) is 23.9 Å². The van der Waals surface area contributed by atoms with E-state index in [9.17, 15) is 9.18 Å². The number of aromatic nitrogens is 2. The Kier molecular flexibility index (Phi) is 4.61. The highest BCUT2D eigenvalue weighted by atomic mass is 19.1. The Morgan fingerprint density at radius 2 is 1.89 bits per heavy atom. The van der Waals surface area contributed by atoms with Crippen LogP contribution in [0.15, 0.2) is 54.7 Å². The molecule has 1 aliphatic heterocycles. The summed E-state index contributed by atoms with van der Waals surface area (Å²) in [5, 5.41) is 6.94. The maximum atomic E-state index is 12.9. The molecule has 0 bridgehead atoms. The van der Waals surface area contributed by atoms with Crippen LogP contribution in [-0.2, 0) is 6.73 Å². The van der Waals surface area contributed by atoms with Crippen molar-refractivity contribution in [2.24, 2.45) is 0 Å². The molecule has 27 heavy (non-hydrogen) atoms. The second-order valence-corrected chi connectivity index (χ2v) is 5.78. The van der Waals surface area contributed by atoms with Crippen LogP contribution in [0.1, 0.15) is 10.5 Å². The maximum Gasteiger partial charge on any atom is 0.276 e. The Labute approximate surface area is 154 Å². The molecule has 8 heteroatoms. The van der Waals surface area contributed by atoms with Crippen LogP contribution in [0, 0.1) is 5.82 Å². The van der Waals surface area contributed by atoms with E-state index in [1.165, 1.54) is 28.9 Å². The van der Waals surface area contributed by atoms with Crippen molar-refractivity contribution < 1.29 is 23.4 Å². The van der Waals surface area contributed by atoms with Gasteiger partial charge in [-0.15, -0.1) is 0 Å². The first-order valence-electron chi connectivity index (χ1n) is 8.30. The Bertz CT molecular complexity index is 956. The van der Waals surface area contributed by atoms with Crippen LogP contribution >= 0.6 is 0 Å². The van der Waals surface area contributed by atoms with Gasteiger partial charge in [0.2, 0.25) is 0 Å². The predicted octanol–water partition coefficient (Wildman–Crippen LogP) is 3.08. The van der Waals surface area contributed by atoms with E-state index < -0.39 is 0 Å². The van der Waals surface area contributed by atoms with E-state index in [0.29, 0.717) is 36.1 Å². The highest BCUT2D eigenvalue weighted by Gasteiger charge is 2.14. The van der Waals surface area contributed by atoms with Crippen LogP contribution in [-0.4, -0.2) is 28.9 Å². The molecule has 0 atom stereocenters. The number of nitrogens with zero attached hydrogens (tertiary/aromatic N) is 2. The fraction of sp³-hybridized carbons (Fsp3) is 0.158. The number of amides is 1. The highest BCUT2D eigenvalue weighted by Crippen LogP contribution is 2.32. The molecule has 2 aromatic carbocycles. The molecule has 0 saturated heterocycles. The summed E-state index contributed by atoms with van der Waals surface area (Å²) in [5.74, 6) is 1.07. The number of ether oxygens (including phenoxy) is 3. The Morgan fingerprint density at radius 1 is 1.11 bits per heavy atom. The lowest BCUT2D eigenvalue weighted by Crippen LogP contribution is -2.17. The smallest absolute Gasteiger partial charge is 0.276 e. The van der Waals surface area contributed by atoms with Crippen molar-refractivity contribution in [3.05, 3.63) is 66.2 Å². The molecule has 2 heterocycles. The molecule has 0 unspecified atom stereocenters. The molecule has 0 radical (unpaired) electrons. The maximum absolute atomic E-state index is 12.9. The summed E-state index contributed by atoms with van der Waals surface area (Å²) in [7, 11) is 0. The molecule has 1 aliphatic rings. The molecular weight excluding hydrogens is 353 g/mol. The van der Waals surface area contributed by atoms with E-state index in [2.05, 4.69) is 10.4 Å². The lowest BCUT2D eigenvalue weighted by atomic mass is 10.2. The van der Waals surface area contributed by atoms with Gasteiger partial charge in [-0.3, -0.25) is 4.79 Å². The van der Waals surface area contributed by atoms with Crippen molar-refractivity contribution in [1.29, 1.82) is 0 Å². The van der Waals surface area contributed by atoms with Gasteiger partial charge in [0, 0.05) is 18.0 Å². The standard InChI is InChI=1S/C19H16FN3O4/c20-13-1-4-15(5-2-13)27-12-23-8-7-16(22-23)19(24)21-14-3-6-17-18(11-14)26-10-9-25-17/h1-8,11H,9-10,12H2,(H,21,24). The van der Waals surface area contributed by atoms with E-state index in [1.54, 1.807) is 30.5 Å². The number of halogens is 1. The molecule has 7 nitrogen and oxygen atoms in total. The molecule has 1 N–H and O–H groups in total. The average Bonchev–Trinajstić information content (AvgIpc) is 3.17. The summed E-state index contributed by atoms with van der Waals surface area (Å²) in [6, 6.07) is 12.4. The highest BCUT2D eigenvalue weighted by molar-refractivity contribution is 6.02. The summed E-state index contributed by atoms with van der Waals surface area (Å²) < 4.78 is 30.8. The number of nitrogens with one attached hydrogen (secondary N) is 1. The van der Waals surface area contributed by atoms with Crippen LogP contribution in [0.3, 0.4) is 0 Å². The SMILES string of the molecule is O=C(Nc1ccc2c(c1)OCCO2)c1ccn(COc2ccc(F)cc2)n1. The van der Waals surface area contributed by atoms with E-state index >= 15 is 0 Å². The number of hydrogen-bond donors (Lipinski definition) is 1. The Morgan fingerprint density at radius 3 is 2.70 bits per heavy atom. The molecule has 1 amide bonds. The van der Waals surface area contributed by atoms with Gasteiger partial charge in [0.25, 0.3) is 5.91 Å². The van der Waals surface area contributed by atoms with Crippen LogP contribution in [0.5, 0.6) is 17.2 Å². The lowest BCUT2D eigenvalue weighted by molar-refractivity contribution is 0.102. The molecule has 138 valence electrons. The van der Waals surface area contributed by atoms with E-state index in [-0.39, 0.29) is 24.1 Å². The molecular formula is C19H16FN3O4. The fourth-order valence-electron chi connectivity index (χ4n) is 2.54. The average molecular weight is 369 g/mol. The molecule has 1 aromatic heterocycles. The van der Waals surface area contributed by atoms with Crippen LogP contribution in [0.2, 0.25) is 0 Å². The molecule has 0 fully saturated rings. The van der Waals surface area contributed by atoms with Gasteiger partial charge in [-0.1, -0.05) is 0 Å². The molecule has 0 saturated carbocycles.